The van der Waals surface area contributed by atoms with Gasteiger partial charge in [-0.2, -0.15) is 0 Å². The number of nitrogens with zero attached hydrogens (tertiary/aromatic N) is 3. The molecular formula is C14H21N3O4. The van der Waals surface area contributed by atoms with Crippen LogP contribution in [-0.4, -0.2) is 59.6 Å². The van der Waals surface area contributed by atoms with E-state index in [0.717, 1.165) is 5.69 Å². The Labute approximate surface area is 123 Å². The molecule has 1 fully saturated rings. The highest BCUT2D eigenvalue weighted by Gasteiger charge is 2.25. The second-order valence-corrected chi connectivity index (χ2v) is 4.99. The molecule has 1 aliphatic heterocycles. The fourth-order valence-corrected chi connectivity index (χ4v) is 2.34. The maximum atomic E-state index is 12.2. The van der Waals surface area contributed by atoms with Crippen LogP contribution in [0.4, 0.5) is 4.79 Å². The number of aromatic nitrogens is 1. The molecule has 0 unspecified atom stereocenters. The molecule has 1 aromatic heterocycles. The SMILES string of the molecule is CCOC(=O)N1CCN(C(=O)Cc2oc(C)nc2C)CC1. The van der Waals surface area contributed by atoms with Crippen LogP contribution in [0, 0.1) is 13.8 Å². The van der Waals surface area contributed by atoms with Gasteiger partial charge in [0.15, 0.2) is 5.89 Å². The molecule has 0 spiro atoms. The van der Waals surface area contributed by atoms with E-state index in [1.807, 2.05) is 6.92 Å². The number of hydrogen-bond donors (Lipinski definition) is 0. The molecule has 0 aliphatic carbocycles. The molecule has 7 nitrogen and oxygen atoms in total. The first kappa shape index (κ1) is 15.3. The Balaban J connectivity index is 1.86. The zero-order chi connectivity index (χ0) is 15.4. The molecule has 2 amide bonds. The van der Waals surface area contributed by atoms with Crippen molar-refractivity contribution in [2.75, 3.05) is 32.8 Å². The van der Waals surface area contributed by atoms with Crippen LogP contribution in [0.3, 0.4) is 0 Å². The number of hydrogen-bond acceptors (Lipinski definition) is 5. The Hall–Kier alpha value is -2.05. The number of amides is 2. The number of aryl methyl sites for hydroxylation is 2. The lowest BCUT2D eigenvalue weighted by Crippen LogP contribution is -2.51. The summed E-state index contributed by atoms with van der Waals surface area (Å²) in [6, 6.07) is 0. The summed E-state index contributed by atoms with van der Waals surface area (Å²) in [6.07, 6.45) is -0.0992. The van der Waals surface area contributed by atoms with Crippen molar-refractivity contribution in [2.24, 2.45) is 0 Å². The topological polar surface area (TPSA) is 75.9 Å². The number of carbonyl (C=O) groups is 2. The zero-order valence-corrected chi connectivity index (χ0v) is 12.7. The summed E-state index contributed by atoms with van der Waals surface area (Å²) >= 11 is 0. The van der Waals surface area contributed by atoms with Crippen molar-refractivity contribution in [3.05, 3.63) is 17.3 Å². The van der Waals surface area contributed by atoms with E-state index in [-0.39, 0.29) is 18.4 Å². The van der Waals surface area contributed by atoms with Gasteiger partial charge in [-0.25, -0.2) is 9.78 Å². The molecule has 0 N–H and O–H groups in total. The predicted molar refractivity (Wildman–Crippen MR) is 74.9 cm³/mol. The van der Waals surface area contributed by atoms with Crippen molar-refractivity contribution < 1.29 is 18.7 Å². The van der Waals surface area contributed by atoms with Crippen LogP contribution < -0.4 is 0 Å². The quantitative estimate of drug-likeness (QED) is 0.835. The summed E-state index contributed by atoms with van der Waals surface area (Å²) in [5, 5.41) is 0. The zero-order valence-electron chi connectivity index (χ0n) is 12.7. The highest BCUT2D eigenvalue weighted by atomic mass is 16.6. The maximum absolute atomic E-state index is 12.2. The Morgan fingerprint density at radius 2 is 1.81 bits per heavy atom. The van der Waals surface area contributed by atoms with Gasteiger partial charge in [0.1, 0.15) is 5.76 Å². The fraction of sp³-hybridized carbons (Fsp3) is 0.643. The van der Waals surface area contributed by atoms with Crippen molar-refractivity contribution in [2.45, 2.75) is 27.2 Å². The van der Waals surface area contributed by atoms with E-state index in [4.69, 9.17) is 9.15 Å². The Kier molecular flexibility index (Phi) is 4.82. The first-order valence-corrected chi connectivity index (χ1v) is 7.13. The van der Waals surface area contributed by atoms with Gasteiger partial charge < -0.3 is 19.0 Å². The van der Waals surface area contributed by atoms with Gasteiger partial charge in [0.2, 0.25) is 5.91 Å². The molecule has 116 valence electrons. The summed E-state index contributed by atoms with van der Waals surface area (Å²) in [5.74, 6) is 1.19. The summed E-state index contributed by atoms with van der Waals surface area (Å²) < 4.78 is 10.4. The minimum atomic E-state index is -0.314. The third-order valence-corrected chi connectivity index (χ3v) is 3.47. The fourth-order valence-electron chi connectivity index (χ4n) is 2.34. The summed E-state index contributed by atoms with van der Waals surface area (Å²) in [6.45, 7) is 7.77. The molecule has 0 saturated carbocycles. The van der Waals surface area contributed by atoms with Crippen molar-refractivity contribution in [3.63, 3.8) is 0 Å². The third-order valence-electron chi connectivity index (χ3n) is 3.47. The van der Waals surface area contributed by atoms with Crippen LogP contribution in [0.5, 0.6) is 0 Å². The van der Waals surface area contributed by atoms with E-state index in [9.17, 15) is 9.59 Å². The van der Waals surface area contributed by atoms with Crippen molar-refractivity contribution in [3.8, 4) is 0 Å². The van der Waals surface area contributed by atoms with Gasteiger partial charge in [-0.1, -0.05) is 0 Å². The van der Waals surface area contributed by atoms with Crippen molar-refractivity contribution >= 4 is 12.0 Å². The number of piperazine rings is 1. The average molecular weight is 295 g/mol. The highest BCUT2D eigenvalue weighted by molar-refractivity contribution is 5.78. The van der Waals surface area contributed by atoms with Crippen molar-refractivity contribution in [1.29, 1.82) is 0 Å². The van der Waals surface area contributed by atoms with Crippen LogP contribution in [-0.2, 0) is 16.0 Å². The van der Waals surface area contributed by atoms with E-state index >= 15 is 0 Å². The lowest BCUT2D eigenvalue weighted by molar-refractivity contribution is -0.132. The molecule has 21 heavy (non-hydrogen) atoms. The number of oxazole rings is 1. The summed E-state index contributed by atoms with van der Waals surface area (Å²) in [4.78, 5) is 31.3. The van der Waals surface area contributed by atoms with Gasteiger partial charge in [0, 0.05) is 33.1 Å². The van der Waals surface area contributed by atoms with Crippen LogP contribution in [0.15, 0.2) is 4.42 Å². The van der Waals surface area contributed by atoms with Gasteiger partial charge in [-0.3, -0.25) is 4.79 Å². The Morgan fingerprint density at radius 1 is 1.19 bits per heavy atom. The predicted octanol–water partition coefficient (Wildman–Crippen LogP) is 1.13. The van der Waals surface area contributed by atoms with Crippen molar-refractivity contribution in [1.82, 2.24) is 14.8 Å². The third kappa shape index (κ3) is 3.74. The first-order valence-electron chi connectivity index (χ1n) is 7.13. The van der Waals surface area contributed by atoms with Gasteiger partial charge in [-0.15, -0.1) is 0 Å². The van der Waals surface area contributed by atoms with Crippen LogP contribution >= 0.6 is 0 Å². The first-order chi connectivity index (χ1) is 10.0. The molecule has 0 aromatic carbocycles. The van der Waals surface area contributed by atoms with E-state index in [2.05, 4.69) is 4.98 Å². The monoisotopic (exact) mass is 295 g/mol. The van der Waals surface area contributed by atoms with Gasteiger partial charge in [0.25, 0.3) is 0 Å². The molecule has 7 heteroatoms. The van der Waals surface area contributed by atoms with Crippen LogP contribution in [0.2, 0.25) is 0 Å². The minimum Gasteiger partial charge on any atom is -0.450 e. The van der Waals surface area contributed by atoms with E-state index in [1.165, 1.54) is 0 Å². The van der Waals surface area contributed by atoms with Crippen LogP contribution in [0.1, 0.15) is 24.3 Å². The van der Waals surface area contributed by atoms with E-state index in [0.29, 0.717) is 44.4 Å². The molecule has 2 heterocycles. The molecule has 1 aliphatic rings. The van der Waals surface area contributed by atoms with E-state index < -0.39 is 0 Å². The van der Waals surface area contributed by atoms with Gasteiger partial charge in [-0.05, 0) is 13.8 Å². The molecule has 1 aromatic rings. The standard InChI is InChI=1S/C14H21N3O4/c1-4-20-14(19)17-7-5-16(6-8-17)13(18)9-12-10(2)15-11(3)21-12/h4-9H2,1-3H3. The molecule has 0 bridgehead atoms. The molecule has 2 rings (SSSR count). The lowest BCUT2D eigenvalue weighted by Gasteiger charge is -2.34. The maximum Gasteiger partial charge on any atom is 0.409 e. The Bertz CT molecular complexity index is 518. The number of ether oxygens (including phenoxy) is 1. The lowest BCUT2D eigenvalue weighted by atomic mass is 10.2. The van der Waals surface area contributed by atoms with Gasteiger partial charge >= 0.3 is 6.09 Å². The highest BCUT2D eigenvalue weighted by Crippen LogP contribution is 2.12. The second kappa shape index (κ2) is 6.60. The number of rotatable bonds is 3. The van der Waals surface area contributed by atoms with Crippen LogP contribution in [0.25, 0.3) is 0 Å². The van der Waals surface area contributed by atoms with E-state index in [1.54, 1.807) is 23.6 Å². The normalized spacial score (nSPS) is 15.2. The smallest absolute Gasteiger partial charge is 0.409 e. The Morgan fingerprint density at radius 3 is 2.33 bits per heavy atom. The molecule has 0 radical (unpaired) electrons. The molecular weight excluding hydrogens is 274 g/mol. The second-order valence-electron chi connectivity index (χ2n) is 4.99. The summed E-state index contributed by atoms with van der Waals surface area (Å²) in [5.41, 5.74) is 0.756. The molecule has 1 saturated heterocycles. The number of carbonyl (C=O) groups excluding carboxylic acids is 2. The average Bonchev–Trinajstić information content (AvgIpc) is 2.77. The minimum absolute atomic E-state index is 0.00208. The van der Waals surface area contributed by atoms with Gasteiger partial charge in [0.05, 0.1) is 18.7 Å². The summed E-state index contributed by atoms with van der Waals surface area (Å²) in [7, 11) is 0. The molecule has 0 atom stereocenters. The largest absolute Gasteiger partial charge is 0.450 e.